The minimum atomic E-state index is -0.0494. The molecule has 0 saturated carbocycles. The molecule has 0 saturated heterocycles. The molecular formula is C17H30N2OS. The first kappa shape index (κ1) is 18.3. The molecule has 120 valence electrons. The molecule has 0 fully saturated rings. The molecule has 0 N–H and O–H groups in total. The van der Waals surface area contributed by atoms with Gasteiger partial charge in [-0.2, -0.15) is 0 Å². The highest BCUT2D eigenvalue weighted by Crippen LogP contribution is 2.32. The van der Waals surface area contributed by atoms with Gasteiger partial charge in [-0.1, -0.05) is 46.8 Å². The van der Waals surface area contributed by atoms with Crippen molar-refractivity contribution in [2.75, 3.05) is 38.1 Å². The molecule has 0 aliphatic carbocycles. The van der Waals surface area contributed by atoms with Gasteiger partial charge in [0.2, 0.25) is 5.43 Å². The van der Waals surface area contributed by atoms with Gasteiger partial charge in [-0.05, 0) is 37.9 Å². The summed E-state index contributed by atoms with van der Waals surface area (Å²) in [6.45, 7) is 15.0. The molecule has 1 rings (SSSR count). The lowest BCUT2D eigenvalue weighted by Gasteiger charge is -2.31. The van der Waals surface area contributed by atoms with Crippen molar-refractivity contribution in [2.24, 2.45) is 0 Å². The Bertz CT molecular complexity index is 523. The fourth-order valence-electron chi connectivity index (χ4n) is 2.83. The van der Waals surface area contributed by atoms with Crippen LogP contribution in [0.3, 0.4) is 0 Å². The second kappa shape index (κ2) is 7.50. The maximum Gasteiger partial charge on any atom is 0.220 e. The van der Waals surface area contributed by atoms with Crippen molar-refractivity contribution in [3.05, 3.63) is 20.3 Å². The Morgan fingerprint density at radius 2 is 1.71 bits per heavy atom. The van der Waals surface area contributed by atoms with Crippen LogP contribution in [0, 0.1) is 4.51 Å². The average molecular weight is 311 g/mol. The quantitative estimate of drug-likeness (QED) is 0.686. The minimum absolute atomic E-state index is 0.0494. The minimum Gasteiger partial charge on any atom is -0.371 e. The Hall–Kier alpha value is -0.740. The molecular weight excluding hydrogens is 280 g/mol. The van der Waals surface area contributed by atoms with Gasteiger partial charge in [0.25, 0.3) is 0 Å². The van der Waals surface area contributed by atoms with Crippen molar-refractivity contribution in [3.8, 4) is 0 Å². The zero-order chi connectivity index (χ0) is 16.2. The molecule has 0 aromatic heterocycles. The summed E-state index contributed by atoms with van der Waals surface area (Å²) >= 11 is 5.24. The molecule has 4 heteroatoms. The Kier molecular flexibility index (Phi) is 6.54. The summed E-state index contributed by atoms with van der Waals surface area (Å²) in [4.78, 5) is 16.6. The first-order valence-electron chi connectivity index (χ1n) is 8.01. The van der Waals surface area contributed by atoms with Crippen LogP contribution < -0.4 is 10.3 Å². The molecule has 0 amide bonds. The molecule has 1 aromatic carbocycles. The fourth-order valence-corrected chi connectivity index (χ4v) is 3.33. The van der Waals surface area contributed by atoms with Crippen LogP contribution in [-0.2, 0) is 5.41 Å². The van der Waals surface area contributed by atoms with E-state index in [-0.39, 0.29) is 10.8 Å². The van der Waals surface area contributed by atoms with E-state index in [2.05, 4.69) is 44.4 Å². The number of anilines is 1. The van der Waals surface area contributed by atoms with Crippen LogP contribution in [0.4, 0.5) is 5.69 Å². The average Bonchev–Trinajstić information content (AvgIpc) is 2.40. The van der Waals surface area contributed by atoms with E-state index in [0.29, 0.717) is 4.51 Å². The van der Waals surface area contributed by atoms with Crippen LogP contribution in [0.1, 0.15) is 53.0 Å². The van der Waals surface area contributed by atoms with Gasteiger partial charge >= 0.3 is 0 Å². The zero-order valence-electron chi connectivity index (χ0n) is 14.5. The van der Waals surface area contributed by atoms with E-state index in [0.717, 1.165) is 43.9 Å². The van der Waals surface area contributed by atoms with E-state index in [4.69, 9.17) is 12.2 Å². The molecule has 0 bridgehead atoms. The standard InChI is InChI=1S/C17H30N2OS/c1-7-10-19(8-2)12-9-11-18(6)14-13(17(3,4)5)16(21)15(14)20/h7-12H2,1-6H3. The summed E-state index contributed by atoms with van der Waals surface area (Å²) in [5.74, 6) is 0. The molecule has 0 aliphatic heterocycles. The van der Waals surface area contributed by atoms with Crippen LogP contribution in [-0.4, -0.2) is 38.1 Å². The zero-order valence-corrected chi connectivity index (χ0v) is 15.3. The Balaban J connectivity index is 2.66. The Morgan fingerprint density at radius 3 is 2.19 bits per heavy atom. The first-order valence-corrected chi connectivity index (χ1v) is 8.42. The van der Waals surface area contributed by atoms with Gasteiger partial charge in [-0.3, -0.25) is 4.79 Å². The number of hydrogen-bond donors (Lipinski definition) is 0. The maximum atomic E-state index is 12.1. The molecule has 0 aliphatic rings. The van der Waals surface area contributed by atoms with Crippen LogP contribution >= 0.6 is 12.2 Å². The smallest absolute Gasteiger partial charge is 0.220 e. The third-order valence-electron chi connectivity index (χ3n) is 3.97. The third kappa shape index (κ3) is 4.36. The normalized spacial score (nSPS) is 12.3. The number of hydrogen-bond acceptors (Lipinski definition) is 4. The van der Waals surface area contributed by atoms with Gasteiger partial charge in [0.15, 0.2) is 0 Å². The summed E-state index contributed by atoms with van der Waals surface area (Å²) in [5.41, 5.74) is 1.90. The molecule has 3 nitrogen and oxygen atoms in total. The second-order valence-corrected chi connectivity index (χ2v) is 7.25. The molecule has 1 aromatic rings. The summed E-state index contributed by atoms with van der Waals surface area (Å²) in [5, 5.41) is 0. The summed E-state index contributed by atoms with van der Waals surface area (Å²) in [7, 11) is 2.01. The second-order valence-electron chi connectivity index (χ2n) is 6.84. The molecule has 0 spiro atoms. The number of rotatable bonds is 8. The van der Waals surface area contributed by atoms with Gasteiger partial charge in [0, 0.05) is 19.2 Å². The predicted octanol–water partition coefficient (Wildman–Crippen LogP) is 3.51. The van der Waals surface area contributed by atoms with Crippen molar-refractivity contribution >= 4 is 17.9 Å². The fraction of sp³-hybridized carbons (Fsp3) is 0.765. The number of nitrogens with zero attached hydrogens (tertiary/aromatic N) is 2. The van der Waals surface area contributed by atoms with Crippen LogP contribution in [0.2, 0.25) is 0 Å². The molecule has 0 unspecified atom stereocenters. The molecule has 0 atom stereocenters. The van der Waals surface area contributed by atoms with E-state index < -0.39 is 0 Å². The summed E-state index contributed by atoms with van der Waals surface area (Å²) in [6, 6.07) is 0. The summed E-state index contributed by atoms with van der Waals surface area (Å²) in [6.07, 6.45) is 2.26. The van der Waals surface area contributed by atoms with Crippen molar-refractivity contribution in [1.82, 2.24) is 4.90 Å². The Morgan fingerprint density at radius 1 is 1.10 bits per heavy atom. The van der Waals surface area contributed by atoms with Crippen LogP contribution in [0.15, 0.2) is 4.79 Å². The van der Waals surface area contributed by atoms with E-state index >= 15 is 0 Å². The molecule has 0 radical (unpaired) electrons. The molecule has 21 heavy (non-hydrogen) atoms. The van der Waals surface area contributed by atoms with E-state index in [9.17, 15) is 4.79 Å². The summed E-state index contributed by atoms with van der Waals surface area (Å²) < 4.78 is 0.533. The first-order chi connectivity index (χ1) is 9.73. The van der Waals surface area contributed by atoms with Gasteiger partial charge in [0.1, 0.15) is 0 Å². The van der Waals surface area contributed by atoms with E-state index in [1.54, 1.807) is 0 Å². The van der Waals surface area contributed by atoms with Crippen molar-refractivity contribution in [2.45, 2.75) is 52.9 Å². The van der Waals surface area contributed by atoms with E-state index in [1.807, 2.05) is 7.05 Å². The van der Waals surface area contributed by atoms with Gasteiger partial charge < -0.3 is 9.80 Å². The van der Waals surface area contributed by atoms with Gasteiger partial charge in [-0.25, -0.2) is 0 Å². The lowest BCUT2D eigenvalue weighted by molar-refractivity contribution is 0.286. The monoisotopic (exact) mass is 310 g/mol. The van der Waals surface area contributed by atoms with E-state index in [1.165, 1.54) is 6.42 Å². The lowest BCUT2D eigenvalue weighted by Crippen LogP contribution is -2.36. The molecule has 0 heterocycles. The van der Waals surface area contributed by atoms with Crippen molar-refractivity contribution in [3.63, 3.8) is 0 Å². The highest BCUT2D eigenvalue weighted by molar-refractivity contribution is 7.71. The van der Waals surface area contributed by atoms with Gasteiger partial charge in [0.05, 0.1) is 10.2 Å². The maximum absolute atomic E-state index is 12.1. The Labute approximate surface area is 134 Å². The predicted molar refractivity (Wildman–Crippen MR) is 94.9 cm³/mol. The third-order valence-corrected chi connectivity index (χ3v) is 4.36. The highest BCUT2D eigenvalue weighted by Gasteiger charge is 2.29. The van der Waals surface area contributed by atoms with Crippen molar-refractivity contribution in [1.29, 1.82) is 0 Å². The van der Waals surface area contributed by atoms with Crippen LogP contribution in [0.25, 0.3) is 0 Å². The topological polar surface area (TPSA) is 23.6 Å². The highest BCUT2D eigenvalue weighted by atomic mass is 32.1. The van der Waals surface area contributed by atoms with Gasteiger partial charge in [-0.15, -0.1) is 0 Å². The van der Waals surface area contributed by atoms with Crippen LogP contribution in [0.5, 0.6) is 0 Å². The largest absolute Gasteiger partial charge is 0.371 e. The lowest BCUT2D eigenvalue weighted by atomic mass is 9.82. The van der Waals surface area contributed by atoms with Crippen molar-refractivity contribution < 1.29 is 0 Å². The SMILES string of the molecule is CCCN(CC)CCCN(C)c1c(C(C)(C)C)c(=S)c1=O.